The maximum Gasteiger partial charge on any atom is 0.256 e. The quantitative estimate of drug-likeness (QED) is 0.854. The molecular formula is C15H21N3O. The van der Waals surface area contributed by atoms with Crippen LogP contribution in [0.4, 0.5) is 5.69 Å². The van der Waals surface area contributed by atoms with Crippen LogP contribution in [0.15, 0.2) is 18.5 Å². The number of aromatic nitrogens is 1. The van der Waals surface area contributed by atoms with Gasteiger partial charge in [0.2, 0.25) is 0 Å². The van der Waals surface area contributed by atoms with Gasteiger partial charge in [-0.25, -0.2) is 0 Å². The second-order valence-corrected chi connectivity index (χ2v) is 5.58. The van der Waals surface area contributed by atoms with Crippen molar-refractivity contribution >= 4 is 11.6 Å². The SMILES string of the molecule is CCNc1cnccc1C(=O)N(CC1CC1)C1CC1. The normalized spacial score (nSPS) is 18.2. The number of hydrogen-bond acceptors (Lipinski definition) is 3. The van der Waals surface area contributed by atoms with E-state index in [1.165, 1.54) is 25.7 Å². The van der Waals surface area contributed by atoms with E-state index in [0.717, 1.165) is 30.3 Å². The molecule has 3 rings (SSSR count). The third-order valence-corrected chi connectivity index (χ3v) is 3.82. The number of carbonyl (C=O) groups is 1. The molecule has 4 nitrogen and oxygen atoms in total. The average molecular weight is 259 g/mol. The minimum Gasteiger partial charge on any atom is -0.383 e. The van der Waals surface area contributed by atoms with E-state index in [4.69, 9.17) is 0 Å². The Morgan fingerprint density at radius 2 is 2.21 bits per heavy atom. The van der Waals surface area contributed by atoms with Crippen molar-refractivity contribution in [2.45, 2.75) is 38.6 Å². The van der Waals surface area contributed by atoms with Crippen LogP contribution < -0.4 is 5.32 Å². The van der Waals surface area contributed by atoms with Gasteiger partial charge in [0.05, 0.1) is 17.4 Å². The molecule has 0 bridgehead atoms. The maximum absolute atomic E-state index is 12.7. The Labute approximate surface area is 114 Å². The van der Waals surface area contributed by atoms with Gasteiger partial charge in [-0.05, 0) is 44.6 Å². The molecule has 102 valence electrons. The molecule has 0 unspecified atom stereocenters. The highest BCUT2D eigenvalue weighted by Crippen LogP contribution is 2.36. The highest BCUT2D eigenvalue weighted by atomic mass is 16.2. The van der Waals surface area contributed by atoms with Crippen molar-refractivity contribution in [3.8, 4) is 0 Å². The molecule has 0 atom stereocenters. The molecule has 0 aromatic carbocycles. The Morgan fingerprint density at radius 1 is 1.42 bits per heavy atom. The van der Waals surface area contributed by atoms with Gasteiger partial charge in [0.25, 0.3) is 5.91 Å². The molecule has 1 amide bonds. The molecule has 2 aliphatic carbocycles. The molecule has 1 heterocycles. The number of pyridine rings is 1. The Bertz CT molecular complexity index is 466. The average Bonchev–Trinajstić information content (AvgIpc) is 3.28. The maximum atomic E-state index is 12.7. The summed E-state index contributed by atoms with van der Waals surface area (Å²) in [7, 11) is 0. The van der Waals surface area contributed by atoms with Gasteiger partial charge in [-0.2, -0.15) is 0 Å². The second kappa shape index (κ2) is 5.19. The summed E-state index contributed by atoms with van der Waals surface area (Å²) < 4.78 is 0. The standard InChI is InChI=1S/C15H21N3O/c1-2-17-14-9-16-8-7-13(14)15(19)18(12-5-6-12)10-11-3-4-11/h7-9,11-12,17H,2-6,10H2,1H3. The number of nitrogens with one attached hydrogen (secondary N) is 1. The summed E-state index contributed by atoms with van der Waals surface area (Å²) in [6.45, 7) is 3.78. The molecule has 19 heavy (non-hydrogen) atoms. The smallest absolute Gasteiger partial charge is 0.256 e. The largest absolute Gasteiger partial charge is 0.383 e. The van der Waals surface area contributed by atoms with Gasteiger partial charge >= 0.3 is 0 Å². The summed E-state index contributed by atoms with van der Waals surface area (Å²) in [5.74, 6) is 0.918. The number of hydrogen-bond donors (Lipinski definition) is 1. The fraction of sp³-hybridized carbons (Fsp3) is 0.600. The minimum atomic E-state index is 0.174. The van der Waals surface area contributed by atoms with Crippen LogP contribution in [0.1, 0.15) is 43.0 Å². The Balaban J connectivity index is 1.80. The number of carbonyl (C=O) groups excluding carboxylic acids is 1. The first-order valence-corrected chi connectivity index (χ1v) is 7.28. The zero-order valence-electron chi connectivity index (χ0n) is 11.4. The van der Waals surface area contributed by atoms with Crippen molar-refractivity contribution in [3.63, 3.8) is 0 Å². The van der Waals surface area contributed by atoms with Crippen LogP contribution in [0, 0.1) is 5.92 Å². The van der Waals surface area contributed by atoms with Gasteiger partial charge in [0, 0.05) is 25.3 Å². The Hall–Kier alpha value is -1.58. The monoisotopic (exact) mass is 259 g/mol. The predicted octanol–water partition coefficient (Wildman–Crippen LogP) is 2.53. The molecule has 1 N–H and O–H groups in total. The minimum absolute atomic E-state index is 0.174. The number of anilines is 1. The summed E-state index contributed by atoms with van der Waals surface area (Å²) in [5, 5.41) is 3.23. The van der Waals surface area contributed by atoms with E-state index in [-0.39, 0.29) is 5.91 Å². The lowest BCUT2D eigenvalue weighted by Gasteiger charge is -2.23. The Morgan fingerprint density at radius 3 is 2.84 bits per heavy atom. The highest BCUT2D eigenvalue weighted by molar-refractivity contribution is 5.99. The lowest BCUT2D eigenvalue weighted by molar-refractivity contribution is 0.0735. The van der Waals surface area contributed by atoms with Crippen LogP contribution >= 0.6 is 0 Å². The van der Waals surface area contributed by atoms with Gasteiger partial charge in [-0.3, -0.25) is 9.78 Å². The van der Waals surface area contributed by atoms with Gasteiger partial charge in [-0.1, -0.05) is 0 Å². The molecule has 0 spiro atoms. The van der Waals surface area contributed by atoms with Gasteiger partial charge in [-0.15, -0.1) is 0 Å². The van der Waals surface area contributed by atoms with Gasteiger partial charge in [0.15, 0.2) is 0 Å². The molecule has 1 aromatic rings. The van der Waals surface area contributed by atoms with E-state index in [1.54, 1.807) is 12.4 Å². The molecule has 2 aliphatic rings. The number of nitrogens with zero attached hydrogens (tertiary/aromatic N) is 2. The van der Waals surface area contributed by atoms with Gasteiger partial charge in [0.1, 0.15) is 0 Å². The van der Waals surface area contributed by atoms with Crippen LogP contribution in [-0.4, -0.2) is 34.9 Å². The zero-order chi connectivity index (χ0) is 13.2. The van der Waals surface area contributed by atoms with Crippen molar-refractivity contribution in [2.75, 3.05) is 18.4 Å². The number of amides is 1. The molecule has 1 aromatic heterocycles. The molecular weight excluding hydrogens is 238 g/mol. The lowest BCUT2D eigenvalue weighted by atomic mass is 10.2. The first-order valence-electron chi connectivity index (χ1n) is 7.28. The molecule has 2 saturated carbocycles. The summed E-state index contributed by atoms with van der Waals surface area (Å²) in [5.41, 5.74) is 1.63. The lowest BCUT2D eigenvalue weighted by Crippen LogP contribution is -2.35. The molecule has 0 saturated heterocycles. The van der Waals surface area contributed by atoms with Crippen LogP contribution in [0.5, 0.6) is 0 Å². The fourth-order valence-corrected chi connectivity index (χ4v) is 2.43. The van der Waals surface area contributed by atoms with E-state index >= 15 is 0 Å². The van der Waals surface area contributed by atoms with Crippen LogP contribution in [0.3, 0.4) is 0 Å². The van der Waals surface area contributed by atoms with Crippen molar-refractivity contribution in [3.05, 3.63) is 24.0 Å². The van der Waals surface area contributed by atoms with E-state index in [0.29, 0.717) is 6.04 Å². The first-order chi connectivity index (χ1) is 9.29. The van der Waals surface area contributed by atoms with E-state index in [9.17, 15) is 4.79 Å². The van der Waals surface area contributed by atoms with E-state index < -0.39 is 0 Å². The van der Waals surface area contributed by atoms with Crippen LogP contribution in [0.25, 0.3) is 0 Å². The van der Waals surface area contributed by atoms with E-state index in [1.807, 2.05) is 13.0 Å². The van der Waals surface area contributed by atoms with Crippen molar-refractivity contribution in [1.29, 1.82) is 0 Å². The molecule has 0 aliphatic heterocycles. The molecule has 4 heteroatoms. The van der Waals surface area contributed by atoms with Crippen molar-refractivity contribution < 1.29 is 4.79 Å². The van der Waals surface area contributed by atoms with Crippen LogP contribution in [-0.2, 0) is 0 Å². The summed E-state index contributed by atoms with van der Waals surface area (Å²) in [6.07, 6.45) is 8.36. The highest BCUT2D eigenvalue weighted by Gasteiger charge is 2.37. The first kappa shape index (κ1) is 12.5. The predicted molar refractivity (Wildman–Crippen MR) is 75.2 cm³/mol. The number of rotatable bonds is 6. The second-order valence-electron chi connectivity index (χ2n) is 5.58. The molecule has 2 fully saturated rings. The fourth-order valence-electron chi connectivity index (χ4n) is 2.43. The van der Waals surface area contributed by atoms with E-state index in [2.05, 4.69) is 15.2 Å². The topological polar surface area (TPSA) is 45.2 Å². The summed E-state index contributed by atoms with van der Waals surface area (Å²) in [6, 6.07) is 2.32. The third kappa shape index (κ3) is 2.88. The summed E-state index contributed by atoms with van der Waals surface area (Å²) >= 11 is 0. The molecule has 0 radical (unpaired) electrons. The summed E-state index contributed by atoms with van der Waals surface area (Å²) in [4.78, 5) is 18.9. The van der Waals surface area contributed by atoms with Crippen molar-refractivity contribution in [2.24, 2.45) is 5.92 Å². The van der Waals surface area contributed by atoms with Crippen LogP contribution in [0.2, 0.25) is 0 Å². The third-order valence-electron chi connectivity index (χ3n) is 3.82. The Kier molecular flexibility index (Phi) is 3.40. The zero-order valence-corrected chi connectivity index (χ0v) is 11.4. The van der Waals surface area contributed by atoms with Gasteiger partial charge < -0.3 is 10.2 Å². The van der Waals surface area contributed by atoms with Crippen molar-refractivity contribution in [1.82, 2.24) is 9.88 Å².